The Morgan fingerprint density at radius 1 is 1.14 bits per heavy atom. The molecule has 112 valence electrons. The van der Waals surface area contributed by atoms with Crippen LogP contribution < -0.4 is 5.32 Å². The first-order chi connectivity index (χ1) is 10.6. The van der Waals surface area contributed by atoms with Crippen LogP contribution in [0.4, 0.5) is 5.69 Å². The zero-order valence-corrected chi connectivity index (χ0v) is 12.6. The third-order valence-corrected chi connectivity index (χ3v) is 3.65. The number of nitrogens with one attached hydrogen (secondary N) is 1. The number of nitrogens with zero attached hydrogens (tertiary/aromatic N) is 3. The molecule has 1 N–H and O–H groups in total. The Kier molecular flexibility index (Phi) is 3.50. The summed E-state index contributed by atoms with van der Waals surface area (Å²) in [6.07, 6.45) is 3.13. The Balaban J connectivity index is 1.79. The average Bonchev–Trinajstić information content (AvgIpc) is 3.07. The van der Waals surface area contributed by atoms with E-state index in [9.17, 15) is 4.79 Å². The molecular weight excluding hydrogens is 280 g/mol. The molecule has 0 spiro atoms. The number of rotatable bonds is 3. The van der Waals surface area contributed by atoms with E-state index < -0.39 is 0 Å². The van der Waals surface area contributed by atoms with E-state index in [0.717, 1.165) is 17.1 Å². The van der Waals surface area contributed by atoms with E-state index in [4.69, 9.17) is 4.52 Å². The minimum Gasteiger partial charge on any atom is -0.364 e. The summed E-state index contributed by atoms with van der Waals surface area (Å²) in [5, 5.41) is 6.52. The fourth-order valence-corrected chi connectivity index (χ4v) is 2.17. The number of benzene rings is 1. The molecule has 0 saturated carbocycles. The van der Waals surface area contributed by atoms with E-state index in [0.29, 0.717) is 16.9 Å². The predicted octanol–water partition coefficient (Wildman–Crippen LogP) is 3.04. The van der Waals surface area contributed by atoms with Crippen LogP contribution in [0, 0.1) is 20.8 Å². The maximum atomic E-state index is 12.1. The third-order valence-electron chi connectivity index (χ3n) is 3.65. The fourth-order valence-electron chi connectivity index (χ4n) is 2.17. The molecule has 1 aromatic carbocycles. The lowest BCUT2D eigenvalue weighted by Crippen LogP contribution is -2.12. The van der Waals surface area contributed by atoms with Crippen LogP contribution in [0.5, 0.6) is 0 Å². The third kappa shape index (κ3) is 2.50. The number of carbonyl (C=O) groups is 1. The molecule has 0 aliphatic heterocycles. The van der Waals surface area contributed by atoms with Crippen LogP contribution in [0.2, 0.25) is 0 Å². The average molecular weight is 296 g/mol. The number of amides is 1. The summed E-state index contributed by atoms with van der Waals surface area (Å²) in [6.45, 7) is 5.72. The van der Waals surface area contributed by atoms with Crippen molar-refractivity contribution < 1.29 is 9.32 Å². The van der Waals surface area contributed by atoms with Gasteiger partial charge in [-0.2, -0.15) is 0 Å². The summed E-state index contributed by atoms with van der Waals surface area (Å²) in [7, 11) is 0. The molecule has 0 aliphatic rings. The minimum atomic E-state index is -0.235. The molecule has 0 fully saturated rings. The van der Waals surface area contributed by atoms with Gasteiger partial charge in [0.25, 0.3) is 5.91 Å². The van der Waals surface area contributed by atoms with Crippen molar-refractivity contribution in [3.63, 3.8) is 0 Å². The van der Waals surface area contributed by atoms with Gasteiger partial charge in [0.2, 0.25) is 0 Å². The highest BCUT2D eigenvalue weighted by Gasteiger charge is 2.13. The van der Waals surface area contributed by atoms with Crippen LogP contribution in [0.25, 0.3) is 5.69 Å². The Hall–Kier alpha value is -2.89. The van der Waals surface area contributed by atoms with E-state index in [2.05, 4.69) is 15.5 Å². The number of hydrogen-bond donors (Lipinski definition) is 1. The quantitative estimate of drug-likeness (QED) is 0.806. The first-order valence-corrected chi connectivity index (χ1v) is 6.89. The van der Waals surface area contributed by atoms with Gasteiger partial charge in [-0.05, 0) is 45.0 Å². The van der Waals surface area contributed by atoms with E-state index >= 15 is 0 Å². The summed E-state index contributed by atoms with van der Waals surface area (Å²) in [4.78, 5) is 16.4. The van der Waals surface area contributed by atoms with Crippen molar-refractivity contribution in [2.24, 2.45) is 0 Å². The molecule has 3 aromatic rings. The van der Waals surface area contributed by atoms with Gasteiger partial charge in [-0.15, -0.1) is 0 Å². The minimum absolute atomic E-state index is 0.235. The molecule has 6 heteroatoms. The Labute approximate surface area is 127 Å². The van der Waals surface area contributed by atoms with Crippen LogP contribution in [-0.4, -0.2) is 20.6 Å². The van der Waals surface area contributed by atoms with Crippen LogP contribution >= 0.6 is 0 Å². The molecule has 1 amide bonds. The van der Waals surface area contributed by atoms with Crippen molar-refractivity contribution in [3.05, 3.63) is 59.5 Å². The molecule has 0 unspecified atom stereocenters. The topological polar surface area (TPSA) is 73.0 Å². The summed E-state index contributed by atoms with van der Waals surface area (Å²) in [6, 6.07) is 7.57. The lowest BCUT2D eigenvalue weighted by Gasteiger charge is -2.08. The number of hydrogen-bond acceptors (Lipinski definition) is 4. The summed E-state index contributed by atoms with van der Waals surface area (Å²) < 4.78 is 6.78. The first kappa shape index (κ1) is 14.1. The molecule has 2 heterocycles. The first-order valence-electron chi connectivity index (χ1n) is 6.89. The van der Waals surface area contributed by atoms with Gasteiger partial charge >= 0.3 is 0 Å². The van der Waals surface area contributed by atoms with Gasteiger partial charge in [-0.25, -0.2) is 4.98 Å². The molecule has 0 saturated heterocycles. The predicted molar refractivity (Wildman–Crippen MR) is 82.2 cm³/mol. The maximum Gasteiger partial charge on any atom is 0.260 e. The monoisotopic (exact) mass is 296 g/mol. The van der Waals surface area contributed by atoms with Crippen molar-refractivity contribution in [1.29, 1.82) is 0 Å². The highest BCUT2D eigenvalue weighted by atomic mass is 16.5. The van der Waals surface area contributed by atoms with Crippen LogP contribution in [0.3, 0.4) is 0 Å². The van der Waals surface area contributed by atoms with Crippen molar-refractivity contribution in [2.45, 2.75) is 20.8 Å². The van der Waals surface area contributed by atoms with E-state index in [1.165, 1.54) is 6.26 Å². The molecule has 2 aromatic heterocycles. The second-order valence-electron chi connectivity index (χ2n) is 5.10. The summed E-state index contributed by atoms with van der Waals surface area (Å²) in [5.41, 5.74) is 4.81. The van der Waals surface area contributed by atoms with Gasteiger partial charge in [-0.3, -0.25) is 4.79 Å². The van der Waals surface area contributed by atoms with Crippen molar-refractivity contribution >= 4 is 11.6 Å². The lowest BCUT2D eigenvalue weighted by molar-refractivity contribution is 0.102. The molecule has 0 radical (unpaired) electrons. The molecular formula is C16H16N4O2. The van der Waals surface area contributed by atoms with Crippen LogP contribution in [-0.2, 0) is 0 Å². The second-order valence-corrected chi connectivity index (χ2v) is 5.10. The Morgan fingerprint density at radius 3 is 2.41 bits per heavy atom. The number of carbonyl (C=O) groups excluding carboxylic acids is 1. The number of aryl methyl sites for hydroxylation is 2. The maximum absolute atomic E-state index is 12.1. The molecule has 0 atom stereocenters. The van der Waals surface area contributed by atoms with Crippen molar-refractivity contribution in [2.75, 3.05) is 5.32 Å². The van der Waals surface area contributed by atoms with Crippen LogP contribution in [0.15, 0.2) is 41.4 Å². The fraction of sp³-hybridized carbons (Fsp3) is 0.188. The van der Waals surface area contributed by atoms with Gasteiger partial charge in [-0.1, -0.05) is 5.16 Å². The van der Waals surface area contributed by atoms with Crippen LogP contribution in [0.1, 0.15) is 27.4 Å². The van der Waals surface area contributed by atoms with E-state index in [1.807, 2.05) is 42.7 Å². The highest BCUT2D eigenvalue weighted by Crippen LogP contribution is 2.17. The largest absolute Gasteiger partial charge is 0.364 e. The number of imidazole rings is 1. The lowest BCUT2D eigenvalue weighted by atomic mass is 10.2. The SMILES string of the molecule is Cc1nocc1C(=O)Nc1ccc(-n2cnc(C)c2C)cc1. The van der Waals surface area contributed by atoms with Gasteiger partial charge in [0.15, 0.2) is 0 Å². The van der Waals surface area contributed by atoms with Gasteiger partial charge in [0.05, 0.1) is 17.7 Å². The summed E-state index contributed by atoms with van der Waals surface area (Å²) >= 11 is 0. The van der Waals surface area contributed by atoms with Gasteiger partial charge in [0, 0.05) is 17.1 Å². The molecule has 3 rings (SSSR count). The Morgan fingerprint density at radius 2 is 1.86 bits per heavy atom. The normalized spacial score (nSPS) is 10.7. The van der Waals surface area contributed by atoms with Crippen molar-refractivity contribution in [3.8, 4) is 5.69 Å². The van der Waals surface area contributed by atoms with Crippen molar-refractivity contribution in [1.82, 2.24) is 14.7 Å². The highest BCUT2D eigenvalue weighted by molar-refractivity contribution is 6.04. The van der Waals surface area contributed by atoms with E-state index in [1.54, 1.807) is 13.3 Å². The zero-order valence-electron chi connectivity index (χ0n) is 12.6. The molecule has 0 aliphatic carbocycles. The van der Waals surface area contributed by atoms with Gasteiger partial charge < -0.3 is 14.4 Å². The summed E-state index contributed by atoms with van der Waals surface area (Å²) in [5.74, 6) is -0.235. The molecule has 22 heavy (non-hydrogen) atoms. The number of aromatic nitrogens is 3. The molecule has 0 bridgehead atoms. The van der Waals surface area contributed by atoms with E-state index in [-0.39, 0.29) is 5.91 Å². The smallest absolute Gasteiger partial charge is 0.260 e. The second kappa shape index (κ2) is 5.48. The number of anilines is 1. The standard InChI is InChI=1S/C16H16N4O2/c1-10-12(3)20(9-17-10)14-6-4-13(5-7-14)18-16(21)15-8-22-19-11(15)2/h4-9H,1-3H3,(H,18,21). The zero-order chi connectivity index (χ0) is 15.7. The van der Waals surface area contributed by atoms with Gasteiger partial charge in [0.1, 0.15) is 11.8 Å². The Bertz CT molecular complexity index is 815. The molecule has 6 nitrogen and oxygen atoms in total.